The molecule has 0 aliphatic carbocycles. The van der Waals surface area contributed by atoms with E-state index in [0.29, 0.717) is 5.69 Å². The molecule has 24 heavy (non-hydrogen) atoms. The van der Waals surface area contributed by atoms with Gasteiger partial charge >= 0.3 is 12.2 Å². The quantitative estimate of drug-likeness (QED) is 0.781. The molecule has 0 spiro atoms. The number of aryl methyl sites for hydroxylation is 1. The minimum atomic E-state index is -4.93. The van der Waals surface area contributed by atoms with Crippen molar-refractivity contribution in [2.45, 2.75) is 18.2 Å². The lowest BCUT2D eigenvalue weighted by atomic mass is 9.97. The second-order valence-electron chi connectivity index (χ2n) is 5.22. The first kappa shape index (κ1) is 17.8. The zero-order valence-electron chi connectivity index (χ0n) is 12.8. The van der Waals surface area contributed by atoms with Gasteiger partial charge in [-0.1, -0.05) is 18.2 Å². The number of carbonyl (C=O) groups is 1. The second kappa shape index (κ2) is 6.91. The number of amides is 2. The Morgan fingerprint density at radius 3 is 2.50 bits per heavy atom. The molecule has 1 aromatic carbocycles. The van der Waals surface area contributed by atoms with Crippen molar-refractivity contribution in [3.8, 4) is 0 Å². The van der Waals surface area contributed by atoms with Crippen LogP contribution in [0.25, 0.3) is 0 Å². The minimum absolute atomic E-state index is 0.387. The van der Waals surface area contributed by atoms with Crippen LogP contribution in [-0.4, -0.2) is 33.4 Å². The van der Waals surface area contributed by atoms with Gasteiger partial charge in [0, 0.05) is 38.1 Å². The van der Waals surface area contributed by atoms with Crippen LogP contribution in [0, 0.1) is 0 Å². The summed E-state index contributed by atoms with van der Waals surface area (Å²) in [5.41, 5.74) is -2.64. The highest BCUT2D eigenvalue weighted by atomic mass is 19.4. The third-order valence-corrected chi connectivity index (χ3v) is 3.46. The summed E-state index contributed by atoms with van der Waals surface area (Å²) in [5, 5.41) is 14.9. The maximum Gasteiger partial charge on any atom is 0.424 e. The lowest BCUT2D eigenvalue weighted by molar-refractivity contribution is -0.272. The number of rotatable bonds is 5. The molecule has 1 atom stereocenters. The fraction of sp³-hybridized carbons (Fsp3) is 0.333. The zero-order chi connectivity index (χ0) is 17.8. The third-order valence-electron chi connectivity index (χ3n) is 3.46. The Kier molecular flexibility index (Phi) is 5.13. The fourth-order valence-electron chi connectivity index (χ4n) is 2.20. The van der Waals surface area contributed by atoms with Gasteiger partial charge in [0.25, 0.3) is 0 Å². The number of hydrogen-bond donors (Lipinski definition) is 3. The number of para-hydroxylation sites is 1. The Morgan fingerprint density at radius 2 is 1.96 bits per heavy atom. The molecule has 1 aromatic heterocycles. The summed E-state index contributed by atoms with van der Waals surface area (Å²) in [6.45, 7) is -0.387. The molecule has 1 unspecified atom stereocenters. The van der Waals surface area contributed by atoms with Crippen molar-refractivity contribution in [3.63, 3.8) is 0 Å². The number of aromatic nitrogens is 2. The van der Waals surface area contributed by atoms with Gasteiger partial charge in [0.1, 0.15) is 5.82 Å². The molecule has 0 fully saturated rings. The Bertz CT molecular complexity index is 688. The van der Waals surface area contributed by atoms with Crippen molar-refractivity contribution < 1.29 is 23.1 Å². The highest BCUT2D eigenvalue weighted by Crippen LogP contribution is 2.40. The second-order valence-corrected chi connectivity index (χ2v) is 5.22. The van der Waals surface area contributed by atoms with E-state index in [2.05, 4.69) is 15.6 Å². The van der Waals surface area contributed by atoms with Crippen molar-refractivity contribution in [1.29, 1.82) is 0 Å². The number of halogens is 3. The third kappa shape index (κ3) is 3.85. The zero-order valence-corrected chi connectivity index (χ0v) is 12.8. The van der Waals surface area contributed by atoms with Crippen molar-refractivity contribution >= 4 is 11.7 Å². The molecule has 9 heteroatoms. The maximum absolute atomic E-state index is 13.3. The molecule has 1 heterocycles. The molecule has 2 amide bonds. The van der Waals surface area contributed by atoms with Gasteiger partial charge in [-0.15, -0.1) is 0 Å². The summed E-state index contributed by atoms with van der Waals surface area (Å²) in [6, 6.07) is 7.79. The first-order valence-electron chi connectivity index (χ1n) is 7.11. The number of nitrogens with zero attached hydrogens (tertiary/aromatic N) is 2. The highest BCUT2D eigenvalue weighted by molar-refractivity contribution is 5.89. The van der Waals surface area contributed by atoms with Crippen molar-refractivity contribution in [2.24, 2.45) is 7.05 Å². The number of anilines is 1. The number of imidazole rings is 1. The molecule has 6 nitrogen and oxygen atoms in total. The number of urea groups is 1. The summed E-state index contributed by atoms with van der Waals surface area (Å²) in [7, 11) is 1.36. The Balaban J connectivity index is 1.99. The van der Waals surface area contributed by atoms with Crippen LogP contribution in [-0.2, 0) is 12.6 Å². The molecule has 3 N–H and O–H groups in total. The smallest absolute Gasteiger partial charge is 0.374 e. The van der Waals surface area contributed by atoms with E-state index in [1.165, 1.54) is 19.4 Å². The van der Waals surface area contributed by atoms with Crippen LogP contribution in [0.5, 0.6) is 0 Å². The van der Waals surface area contributed by atoms with Gasteiger partial charge in [-0.25, -0.2) is 9.78 Å². The lowest BCUT2D eigenvalue weighted by Gasteiger charge is -2.29. The van der Waals surface area contributed by atoms with Crippen LogP contribution >= 0.6 is 0 Å². The topological polar surface area (TPSA) is 79.2 Å². The first-order valence-corrected chi connectivity index (χ1v) is 7.11. The number of hydrogen-bond acceptors (Lipinski definition) is 3. The van der Waals surface area contributed by atoms with Gasteiger partial charge in [0.15, 0.2) is 0 Å². The summed E-state index contributed by atoms with van der Waals surface area (Å²) >= 11 is 0. The summed E-state index contributed by atoms with van der Waals surface area (Å²) in [6.07, 6.45) is -3.21. The van der Waals surface area contributed by atoms with Gasteiger partial charge < -0.3 is 20.3 Å². The van der Waals surface area contributed by atoms with E-state index >= 15 is 0 Å². The predicted molar refractivity (Wildman–Crippen MR) is 81.2 cm³/mol. The number of nitrogens with one attached hydrogen (secondary N) is 2. The SMILES string of the molecule is Cn1ccnc1C(O)(CCNC(=O)Nc1ccccc1)C(F)(F)F. The number of alkyl halides is 3. The molecular formula is C15H17F3N4O2. The molecule has 0 saturated carbocycles. The highest BCUT2D eigenvalue weighted by Gasteiger charge is 2.57. The average molecular weight is 342 g/mol. The van der Waals surface area contributed by atoms with E-state index in [4.69, 9.17) is 0 Å². The predicted octanol–water partition coefficient (Wildman–Crippen LogP) is 2.38. The van der Waals surface area contributed by atoms with Crippen LogP contribution in [0.4, 0.5) is 23.7 Å². The molecule has 0 aliphatic rings. The van der Waals surface area contributed by atoms with Crippen LogP contribution in [0.15, 0.2) is 42.7 Å². The number of benzene rings is 1. The van der Waals surface area contributed by atoms with Crippen LogP contribution in [0.1, 0.15) is 12.2 Å². The van der Waals surface area contributed by atoms with E-state index in [-0.39, 0.29) is 6.54 Å². The average Bonchev–Trinajstić information content (AvgIpc) is 2.93. The van der Waals surface area contributed by atoms with Crippen molar-refractivity contribution in [1.82, 2.24) is 14.9 Å². The van der Waals surface area contributed by atoms with Gasteiger partial charge in [0.05, 0.1) is 0 Å². The normalized spacial score (nSPS) is 14.0. The molecule has 0 bridgehead atoms. The number of carbonyl (C=O) groups excluding carboxylic acids is 1. The lowest BCUT2D eigenvalue weighted by Crippen LogP contribution is -2.47. The van der Waals surface area contributed by atoms with Crippen molar-refractivity contribution in [2.75, 3.05) is 11.9 Å². The maximum atomic E-state index is 13.3. The standard InChI is InChI=1S/C15H17F3N4O2/c1-22-10-9-19-12(22)14(24,15(16,17)18)7-8-20-13(23)21-11-5-3-2-4-6-11/h2-6,9-10,24H,7-8H2,1H3,(H2,20,21,23). The monoisotopic (exact) mass is 342 g/mol. The van der Waals surface area contributed by atoms with E-state index in [1.54, 1.807) is 30.3 Å². The van der Waals surface area contributed by atoms with Gasteiger partial charge in [0.2, 0.25) is 5.60 Å². The Labute approximate surface area is 136 Å². The fourth-order valence-corrected chi connectivity index (χ4v) is 2.20. The summed E-state index contributed by atoms with van der Waals surface area (Å²) in [4.78, 5) is 15.3. The summed E-state index contributed by atoms with van der Waals surface area (Å²) < 4.78 is 41.0. The first-order chi connectivity index (χ1) is 11.2. The van der Waals surface area contributed by atoms with E-state index in [0.717, 1.165) is 4.57 Å². The van der Waals surface area contributed by atoms with Gasteiger partial charge in [-0.3, -0.25) is 0 Å². The molecular weight excluding hydrogens is 325 g/mol. The molecule has 0 radical (unpaired) electrons. The van der Waals surface area contributed by atoms with E-state index in [1.807, 2.05) is 0 Å². The largest absolute Gasteiger partial charge is 0.424 e. The van der Waals surface area contributed by atoms with E-state index in [9.17, 15) is 23.1 Å². The molecule has 0 saturated heterocycles. The Hall–Kier alpha value is -2.55. The van der Waals surface area contributed by atoms with Gasteiger partial charge in [-0.2, -0.15) is 13.2 Å². The van der Waals surface area contributed by atoms with Gasteiger partial charge in [-0.05, 0) is 12.1 Å². The summed E-state index contributed by atoms with van der Waals surface area (Å²) in [5.74, 6) is -0.528. The molecule has 2 aromatic rings. The van der Waals surface area contributed by atoms with Crippen molar-refractivity contribution in [3.05, 3.63) is 48.5 Å². The molecule has 130 valence electrons. The molecule has 0 aliphatic heterocycles. The molecule has 2 rings (SSSR count). The number of aliphatic hydroxyl groups is 1. The van der Waals surface area contributed by atoms with Crippen LogP contribution in [0.2, 0.25) is 0 Å². The van der Waals surface area contributed by atoms with Crippen LogP contribution < -0.4 is 10.6 Å². The minimum Gasteiger partial charge on any atom is -0.374 e. The Morgan fingerprint density at radius 1 is 1.29 bits per heavy atom. The van der Waals surface area contributed by atoms with E-state index < -0.39 is 30.1 Å². The van der Waals surface area contributed by atoms with Crippen LogP contribution in [0.3, 0.4) is 0 Å².